The number of hydrogen-bond donors (Lipinski definition) is 1. The summed E-state index contributed by atoms with van der Waals surface area (Å²) in [5.74, 6) is 0. The predicted octanol–water partition coefficient (Wildman–Crippen LogP) is 3.28. The highest BCUT2D eigenvalue weighted by Gasteiger charge is 2.06. The molecule has 4 heteroatoms. The molecule has 78 valence electrons. The summed E-state index contributed by atoms with van der Waals surface area (Å²) in [5, 5.41) is 10.3. The third-order valence-electron chi connectivity index (χ3n) is 2.16. The van der Waals surface area contributed by atoms with Crippen LogP contribution in [0.2, 0.25) is 10.0 Å². The Bertz CT molecular complexity index is 479. The molecule has 2 rings (SSSR count). The highest BCUT2D eigenvalue weighted by Crippen LogP contribution is 2.25. The van der Waals surface area contributed by atoms with Crippen molar-refractivity contribution < 1.29 is 5.11 Å². The molecule has 0 aliphatic rings. The van der Waals surface area contributed by atoms with E-state index in [4.69, 9.17) is 28.3 Å². The van der Waals surface area contributed by atoms with E-state index >= 15 is 0 Å². The summed E-state index contributed by atoms with van der Waals surface area (Å²) in [6.45, 7) is -0.0219. The number of aliphatic hydroxyl groups is 1. The van der Waals surface area contributed by atoms with Crippen molar-refractivity contribution in [2.45, 2.75) is 6.61 Å². The number of nitrogens with zero attached hydrogens (tertiary/aromatic N) is 1. The monoisotopic (exact) mass is 241 g/mol. The van der Waals surface area contributed by atoms with Gasteiger partial charge in [-0.25, -0.2) is 0 Å². The van der Waals surface area contributed by atoms with Crippen molar-refractivity contribution in [3.63, 3.8) is 0 Å². The van der Waals surface area contributed by atoms with Crippen LogP contribution in [-0.2, 0) is 6.61 Å². The van der Waals surface area contributed by atoms with Crippen molar-refractivity contribution in [1.82, 2.24) is 4.57 Å². The fourth-order valence-corrected chi connectivity index (χ4v) is 1.96. The second kappa shape index (κ2) is 4.27. The molecule has 0 unspecified atom stereocenters. The molecule has 0 bridgehead atoms. The third kappa shape index (κ3) is 2.02. The number of aliphatic hydroxyl groups excluding tert-OH is 1. The molecule has 0 aliphatic heterocycles. The Balaban J connectivity index is 2.54. The molecule has 0 spiro atoms. The quantitative estimate of drug-likeness (QED) is 0.858. The maximum absolute atomic E-state index is 9.12. The molecule has 1 aromatic heterocycles. The summed E-state index contributed by atoms with van der Waals surface area (Å²) in [6.07, 6.45) is 1.85. The molecule has 1 heterocycles. The van der Waals surface area contributed by atoms with Gasteiger partial charge in [-0.15, -0.1) is 0 Å². The van der Waals surface area contributed by atoms with Crippen molar-refractivity contribution in [3.8, 4) is 5.69 Å². The molecule has 0 fully saturated rings. The first-order valence-corrected chi connectivity index (χ1v) is 5.20. The average molecular weight is 242 g/mol. The summed E-state index contributed by atoms with van der Waals surface area (Å²) in [7, 11) is 0. The maximum atomic E-state index is 9.12. The van der Waals surface area contributed by atoms with E-state index in [2.05, 4.69) is 0 Å². The van der Waals surface area contributed by atoms with E-state index in [-0.39, 0.29) is 6.61 Å². The third-order valence-corrected chi connectivity index (χ3v) is 2.70. The lowest BCUT2D eigenvalue weighted by atomic mass is 10.3. The number of rotatable bonds is 2. The number of halogens is 2. The molecule has 2 aromatic rings. The van der Waals surface area contributed by atoms with Crippen molar-refractivity contribution in [1.29, 1.82) is 0 Å². The first kappa shape index (κ1) is 10.6. The average Bonchev–Trinajstić information content (AvgIpc) is 2.65. The fraction of sp³-hybridized carbons (Fsp3) is 0.0909. The van der Waals surface area contributed by atoms with E-state index in [0.717, 1.165) is 11.4 Å². The molecular formula is C11H9Cl2NO. The summed E-state index contributed by atoms with van der Waals surface area (Å²) in [5.41, 5.74) is 1.61. The zero-order valence-corrected chi connectivity index (χ0v) is 9.33. The molecule has 0 amide bonds. The Morgan fingerprint density at radius 1 is 1.20 bits per heavy atom. The Labute approximate surface area is 97.7 Å². The van der Waals surface area contributed by atoms with E-state index < -0.39 is 0 Å². The van der Waals surface area contributed by atoms with E-state index in [9.17, 15) is 0 Å². The normalized spacial score (nSPS) is 10.6. The largest absolute Gasteiger partial charge is 0.390 e. The van der Waals surface area contributed by atoms with Crippen molar-refractivity contribution >= 4 is 23.2 Å². The number of hydrogen-bond acceptors (Lipinski definition) is 1. The zero-order valence-electron chi connectivity index (χ0n) is 7.82. The van der Waals surface area contributed by atoms with Crippen molar-refractivity contribution in [2.24, 2.45) is 0 Å². The Kier molecular flexibility index (Phi) is 3.00. The molecule has 0 radical (unpaired) electrons. The molecule has 1 aromatic carbocycles. The van der Waals surface area contributed by atoms with E-state index in [1.807, 2.05) is 29.0 Å². The van der Waals surface area contributed by atoms with Gasteiger partial charge in [0.25, 0.3) is 0 Å². The second-order valence-corrected chi connectivity index (χ2v) is 3.97. The SMILES string of the molecule is OCc1cccn1-c1ccc(Cl)cc1Cl. The van der Waals surface area contributed by atoms with Crippen LogP contribution in [0.1, 0.15) is 5.69 Å². The van der Waals surface area contributed by atoms with E-state index in [1.165, 1.54) is 0 Å². The summed E-state index contributed by atoms with van der Waals surface area (Å²) < 4.78 is 1.83. The first-order valence-electron chi connectivity index (χ1n) is 4.45. The van der Waals surface area contributed by atoms with Gasteiger partial charge in [-0.3, -0.25) is 0 Å². The van der Waals surface area contributed by atoms with Crippen molar-refractivity contribution in [3.05, 3.63) is 52.3 Å². The molecule has 0 saturated heterocycles. The zero-order chi connectivity index (χ0) is 10.8. The van der Waals surface area contributed by atoms with Crippen LogP contribution in [0.15, 0.2) is 36.5 Å². The topological polar surface area (TPSA) is 25.2 Å². The van der Waals surface area contributed by atoms with Crippen LogP contribution >= 0.6 is 23.2 Å². The van der Waals surface area contributed by atoms with Gasteiger partial charge in [-0.05, 0) is 30.3 Å². The van der Waals surface area contributed by atoms with Crippen LogP contribution in [0.4, 0.5) is 0 Å². The smallest absolute Gasteiger partial charge is 0.0836 e. The van der Waals surface area contributed by atoms with Gasteiger partial charge in [0.2, 0.25) is 0 Å². The number of benzene rings is 1. The number of aromatic nitrogens is 1. The molecule has 2 nitrogen and oxygen atoms in total. The molecular weight excluding hydrogens is 233 g/mol. The first-order chi connectivity index (χ1) is 7.22. The van der Waals surface area contributed by atoms with Gasteiger partial charge in [0.1, 0.15) is 0 Å². The van der Waals surface area contributed by atoms with Crippen LogP contribution < -0.4 is 0 Å². The van der Waals surface area contributed by atoms with Gasteiger partial charge >= 0.3 is 0 Å². The highest BCUT2D eigenvalue weighted by molar-refractivity contribution is 6.35. The van der Waals surface area contributed by atoms with Crippen LogP contribution in [0.5, 0.6) is 0 Å². The van der Waals surface area contributed by atoms with Gasteiger partial charge in [0.05, 0.1) is 17.3 Å². The molecule has 15 heavy (non-hydrogen) atoms. The Morgan fingerprint density at radius 2 is 2.00 bits per heavy atom. The van der Waals surface area contributed by atoms with Gasteiger partial charge in [0.15, 0.2) is 0 Å². The Hall–Kier alpha value is -0.960. The van der Waals surface area contributed by atoms with Gasteiger partial charge in [-0.1, -0.05) is 23.2 Å². The lowest BCUT2D eigenvalue weighted by Crippen LogP contribution is -1.99. The molecule has 1 N–H and O–H groups in total. The van der Waals surface area contributed by atoms with E-state index in [1.54, 1.807) is 12.1 Å². The second-order valence-electron chi connectivity index (χ2n) is 3.12. The van der Waals surface area contributed by atoms with Gasteiger partial charge < -0.3 is 9.67 Å². The molecule has 0 aliphatic carbocycles. The van der Waals surface area contributed by atoms with Crippen LogP contribution in [0.25, 0.3) is 5.69 Å². The van der Waals surface area contributed by atoms with Gasteiger partial charge in [-0.2, -0.15) is 0 Å². The Morgan fingerprint density at radius 3 is 2.67 bits per heavy atom. The molecule has 0 atom stereocenters. The van der Waals surface area contributed by atoms with Crippen LogP contribution in [-0.4, -0.2) is 9.67 Å². The predicted molar refractivity (Wildman–Crippen MR) is 61.7 cm³/mol. The van der Waals surface area contributed by atoms with Crippen molar-refractivity contribution in [2.75, 3.05) is 0 Å². The summed E-state index contributed by atoms with van der Waals surface area (Å²) >= 11 is 11.9. The summed E-state index contributed by atoms with van der Waals surface area (Å²) in [6, 6.07) is 8.97. The lowest BCUT2D eigenvalue weighted by molar-refractivity contribution is 0.274. The van der Waals surface area contributed by atoms with Gasteiger partial charge in [0, 0.05) is 16.9 Å². The minimum Gasteiger partial charge on any atom is -0.390 e. The van der Waals surface area contributed by atoms with Crippen LogP contribution in [0.3, 0.4) is 0 Å². The minimum atomic E-state index is -0.0219. The highest BCUT2D eigenvalue weighted by atomic mass is 35.5. The lowest BCUT2D eigenvalue weighted by Gasteiger charge is -2.09. The molecule has 0 saturated carbocycles. The minimum absolute atomic E-state index is 0.0219. The van der Waals surface area contributed by atoms with E-state index in [0.29, 0.717) is 10.0 Å². The standard InChI is InChI=1S/C11H9Cl2NO/c12-8-3-4-11(10(13)6-8)14-5-1-2-9(14)7-15/h1-6,15H,7H2. The maximum Gasteiger partial charge on any atom is 0.0836 e. The van der Waals surface area contributed by atoms with Crippen LogP contribution in [0, 0.1) is 0 Å². The fourth-order valence-electron chi connectivity index (χ4n) is 1.46. The summed E-state index contributed by atoms with van der Waals surface area (Å²) in [4.78, 5) is 0.